The molecule has 38 heavy (non-hydrogen) atoms. The van der Waals surface area contributed by atoms with Crippen molar-refractivity contribution in [3.63, 3.8) is 0 Å². The summed E-state index contributed by atoms with van der Waals surface area (Å²) in [4.78, 5) is 30.4. The number of alkyl halides is 9. The summed E-state index contributed by atoms with van der Waals surface area (Å²) in [5, 5.41) is 2.09. The van der Waals surface area contributed by atoms with Gasteiger partial charge in [0.1, 0.15) is 6.54 Å². The lowest BCUT2D eigenvalue weighted by atomic mass is 10.0. The van der Waals surface area contributed by atoms with Crippen LogP contribution in [0.3, 0.4) is 0 Å². The minimum atomic E-state index is -5.14. The monoisotopic (exact) mass is 551 g/mol. The summed E-state index contributed by atoms with van der Waals surface area (Å²) < 4.78 is 119. The minimum Gasteiger partial charge on any atom is -0.326 e. The lowest BCUT2D eigenvalue weighted by Crippen LogP contribution is -2.50. The molecule has 1 aliphatic carbocycles. The molecule has 0 saturated heterocycles. The van der Waals surface area contributed by atoms with Crippen LogP contribution in [0.5, 0.6) is 0 Å². The van der Waals surface area contributed by atoms with Crippen LogP contribution in [-0.4, -0.2) is 36.4 Å². The largest absolute Gasteiger partial charge is 0.416 e. The molecule has 1 unspecified atom stereocenters. The molecule has 1 heterocycles. The van der Waals surface area contributed by atoms with Gasteiger partial charge in [-0.25, -0.2) is 0 Å². The van der Waals surface area contributed by atoms with E-state index in [4.69, 9.17) is 0 Å². The number of hydrogen-bond acceptors (Lipinski definition) is 3. The minimum absolute atomic E-state index is 0.0788. The van der Waals surface area contributed by atoms with E-state index in [1.165, 1.54) is 24.3 Å². The average molecular weight is 551 g/mol. The number of carbonyl (C=O) groups excluding carboxylic acids is 2. The second-order valence-corrected chi connectivity index (χ2v) is 8.91. The third-order valence-corrected chi connectivity index (χ3v) is 5.85. The van der Waals surface area contributed by atoms with E-state index < -0.39 is 66.2 Å². The predicted octanol–water partition coefficient (Wildman–Crippen LogP) is 5.52. The zero-order valence-electron chi connectivity index (χ0n) is 19.1. The highest BCUT2D eigenvalue weighted by Gasteiger charge is 2.42. The van der Waals surface area contributed by atoms with Gasteiger partial charge in [0.05, 0.1) is 28.9 Å². The third kappa shape index (κ3) is 6.27. The maximum Gasteiger partial charge on any atom is 0.416 e. The number of rotatable bonds is 5. The van der Waals surface area contributed by atoms with Crippen LogP contribution in [0.2, 0.25) is 0 Å². The van der Waals surface area contributed by atoms with E-state index in [1.54, 1.807) is 0 Å². The Kier molecular flexibility index (Phi) is 6.95. The molecule has 2 aromatic carbocycles. The molecule has 0 spiro atoms. The van der Waals surface area contributed by atoms with E-state index in [9.17, 15) is 49.1 Å². The van der Waals surface area contributed by atoms with Crippen molar-refractivity contribution in [2.24, 2.45) is 10.9 Å². The van der Waals surface area contributed by atoms with Gasteiger partial charge in [0, 0.05) is 11.5 Å². The molecule has 4 rings (SSSR count). The van der Waals surface area contributed by atoms with Crippen LogP contribution in [0.15, 0.2) is 47.5 Å². The fourth-order valence-electron chi connectivity index (χ4n) is 4.08. The van der Waals surface area contributed by atoms with E-state index in [1.807, 2.05) is 0 Å². The van der Waals surface area contributed by atoms with Crippen LogP contribution in [0.1, 0.15) is 35.1 Å². The van der Waals surface area contributed by atoms with Crippen molar-refractivity contribution in [3.05, 3.63) is 64.7 Å². The Hall–Kier alpha value is -3.58. The zero-order valence-corrected chi connectivity index (χ0v) is 19.1. The lowest BCUT2D eigenvalue weighted by Gasteiger charge is -2.26. The topological polar surface area (TPSA) is 61.8 Å². The molecule has 0 radical (unpaired) electrons. The van der Waals surface area contributed by atoms with Crippen molar-refractivity contribution in [1.29, 1.82) is 0 Å². The fraction of sp³-hybridized carbons (Fsp3) is 0.375. The number of aliphatic imine (C=N–C) groups is 1. The molecule has 2 aromatic rings. The summed E-state index contributed by atoms with van der Waals surface area (Å²) in [5.74, 6) is -2.64. The molecular formula is C24H18F9N3O2. The number of para-hydroxylation sites is 1. The Morgan fingerprint density at radius 2 is 1.50 bits per heavy atom. The molecule has 0 aromatic heterocycles. The van der Waals surface area contributed by atoms with Crippen LogP contribution in [-0.2, 0) is 28.4 Å². The maximum absolute atomic E-state index is 13.4. The smallest absolute Gasteiger partial charge is 0.326 e. The van der Waals surface area contributed by atoms with Crippen molar-refractivity contribution >= 4 is 23.2 Å². The highest BCUT2D eigenvalue weighted by atomic mass is 19.4. The number of benzodiazepines with no additional fused rings is 1. The van der Waals surface area contributed by atoms with Crippen LogP contribution in [0.4, 0.5) is 45.2 Å². The van der Waals surface area contributed by atoms with Crippen LogP contribution in [0.25, 0.3) is 0 Å². The molecule has 1 N–H and O–H groups in total. The molecule has 5 nitrogen and oxygen atoms in total. The lowest BCUT2D eigenvalue weighted by molar-refractivity contribution is -0.143. The number of amides is 2. The summed E-state index contributed by atoms with van der Waals surface area (Å²) in [6.07, 6.45) is -16.7. The normalized spacial score (nSPS) is 18.6. The second kappa shape index (κ2) is 9.62. The van der Waals surface area contributed by atoms with Gasteiger partial charge in [0.15, 0.2) is 0 Å². The SMILES string of the molecule is O=C(Cc1cc(C(F)(F)F)cc(C(F)(F)F)c1)NC1N=C(C2CC2)c2ccccc2N(CC(F)(F)F)C1=O. The number of anilines is 1. The summed E-state index contributed by atoms with van der Waals surface area (Å²) in [6.45, 7) is -1.70. The number of halogens is 9. The number of benzene rings is 2. The molecule has 2 aliphatic rings. The van der Waals surface area contributed by atoms with Gasteiger partial charge in [-0.1, -0.05) is 18.2 Å². The maximum atomic E-state index is 13.4. The van der Waals surface area contributed by atoms with Gasteiger partial charge in [0.25, 0.3) is 5.91 Å². The van der Waals surface area contributed by atoms with Gasteiger partial charge in [-0.3, -0.25) is 19.5 Å². The molecule has 1 saturated carbocycles. The summed E-state index contributed by atoms with van der Waals surface area (Å²) in [6, 6.07) is 6.34. The van der Waals surface area contributed by atoms with E-state index in [2.05, 4.69) is 10.3 Å². The Balaban J connectivity index is 1.66. The first kappa shape index (κ1) is 27.5. The quantitative estimate of drug-likeness (QED) is 0.498. The number of nitrogens with one attached hydrogen (secondary N) is 1. The molecule has 1 atom stereocenters. The molecule has 0 bridgehead atoms. The summed E-state index contributed by atoms with van der Waals surface area (Å²) >= 11 is 0. The van der Waals surface area contributed by atoms with Gasteiger partial charge in [0.2, 0.25) is 12.1 Å². The molecular weight excluding hydrogens is 533 g/mol. The zero-order chi connectivity index (χ0) is 28.0. The van der Waals surface area contributed by atoms with Crippen LogP contribution < -0.4 is 10.2 Å². The van der Waals surface area contributed by atoms with Crippen molar-refractivity contribution in [3.8, 4) is 0 Å². The van der Waals surface area contributed by atoms with E-state index in [0.717, 1.165) is 0 Å². The first-order valence-corrected chi connectivity index (χ1v) is 11.2. The van der Waals surface area contributed by atoms with Gasteiger partial charge in [-0.05, 0) is 42.7 Å². The predicted molar refractivity (Wildman–Crippen MR) is 116 cm³/mol. The Morgan fingerprint density at radius 1 is 0.921 bits per heavy atom. The second-order valence-electron chi connectivity index (χ2n) is 8.91. The Labute approximate surface area is 209 Å². The number of carbonyl (C=O) groups is 2. The van der Waals surface area contributed by atoms with E-state index >= 15 is 0 Å². The molecule has 204 valence electrons. The fourth-order valence-corrected chi connectivity index (χ4v) is 4.08. The summed E-state index contributed by atoms with van der Waals surface area (Å²) in [5.41, 5.74) is -3.47. The van der Waals surface area contributed by atoms with Crippen molar-refractivity contribution in [2.45, 2.75) is 44.0 Å². The summed E-state index contributed by atoms with van der Waals surface area (Å²) in [7, 11) is 0. The van der Waals surface area contributed by atoms with Gasteiger partial charge in [-0.15, -0.1) is 0 Å². The standard InChI is InChI=1S/C24H18F9N3O2/c25-22(26,27)11-36-17-4-2-1-3-16(17)19(13-5-6-13)35-20(21(36)38)34-18(37)9-12-7-14(23(28,29)30)10-15(8-12)24(31,32)33/h1-4,7-8,10,13,20H,5-6,9,11H2,(H,34,37). The number of nitrogens with zero attached hydrogens (tertiary/aromatic N) is 2. The van der Waals surface area contributed by atoms with Crippen molar-refractivity contribution in [1.82, 2.24) is 5.32 Å². The van der Waals surface area contributed by atoms with Crippen molar-refractivity contribution < 1.29 is 49.1 Å². The Bertz CT molecular complexity index is 1250. The van der Waals surface area contributed by atoms with Gasteiger partial charge in [-0.2, -0.15) is 39.5 Å². The highest BCUT2D eigenvalue weighted by Crippen LogP contribution is 2.39. The van der Waals surface area contributed by atoms with Crippen molar-refractivity contribution in [2.75, 3.05) is 11.4 Å². The molecule has 14 heteroatoms. The van der Waals surface area contributed by atoms with E-state index in [-0.39, 0.29) is 28.9 Å². The average Bonchev–Trinajstić information content (AvgIpc) is 3.63. The first-order chi connectivity index (χ1) is 17.5. The third-order valence-electron chi connectivity index (χ3n) is 5.85. The number of fused-ring (bicyclic) bond motifs is 1. The molecule has 1 fully saturated rings. The van der Waals surface area contributed by atoms with Crippen LogP contribution >= 0.6 is 0 Å². The van der Waals surface area contributed by atoms with Crippen LogP contribution in [0, 0.1) is 5.92 Å². The highest BCUT2D eigenvalue weighted by molar-refractivity contribution is 6.14. The number of hydrogen-bond donors (Lipinski definition) is 1. The van der Waals surface area contributed by atoms with Gasteiger partial charge >= 0.3 is 18.5 Å². The van der Waals surface area contributed by atoms with E-state index in [0.29, 0.717) is 29.9 Å². The Morgan fingerprint density at radius 3 is 2.03 bits per heavy atom. The molecule has 2 amide bonds. The van der Waals surface area contributed by atoms with Gasteiger partial charge < -0.3 is 5.32 Å². The molecule has 1 aliphatic heterocycles. The first-order valence-electron chi connectivity index (χ1n) is 11.2.